The number of aromatic nitrogens is 1. The third-order valence-corrected chi connectivity index (χ3v) is 3.96. The molecule has 1 amide bonds. The number of fused-ring (bicyclic) bond motifs is 1. The number of benzene rings is 2. The summed E-state index contributed by atoms with van der Waals surface area (Å²) in [6.45, 7) is 2.34. The van der Waals surface area contributed by atoms with Gasteiger partial charge < -0.3 is 14.6 Å². The van der Waals surface area contributed by atoms with Gasteiger partial charge in [0.25, 0.3) is 5.91 Å². The van der Waals surface area contributed by atoms with E-state index in [1.54, 1.807) is 24.3 Å². The van der Waals surface area contributed by atoms with Crippen LogP contribution in [0.15, 0.2) is 54.7 Å². The van der Waals surface area contributed by atoms with Gasteiger partial charge in [-0.1, -0.05) is 25.1 Å². The third-order valence-electron chi connectivity index (χ3n) is 3.96. The highest BCUT2D eigenvalue weighted by Crippen LogP contribution is 2.21. The fourth-order valence-electron chi connectivity index (χ4n) is 2.69. The fourth-order valence-corrected chi connectivity index (χ4v) is 2.69. The molecule has 0 spiro atoms. The highest BCUT2D eigenvalue weighted by Gasteiger charge is 2.14. The zero-order valence-electron chi connectivity index (χ0n) is 14.3. The Bertz CT molecular complexity index is 910. The Labute approximate surface area is 146 Å². The van der Waals surface area contributed by atoms with Crippen molar-refractivity contribution in [3.63, 3.8) is 0 Å². The summed E-state index contributed by atoms with van der Waals surface area (Å²) in [5.41, 5.74) is 2.72. The van der Waals surface area contributed by atoms with Gasteiger partial charge in [-0.25, -0.2) is 4.79 Å². The quantitative estimate of drug-likeness (QED) is 0.717. The fraction of sp³-hybridized carbons (Fsp3) is 0.200. The lowest BCUT2D eigenvalue weighted by Crippen LogP contribution is -2.12. The van der Waals surface area contributed by atoms with Crippen molar-refractivity contribution in [1.29, 1.82) is 0 Å². The summed E-state index contributed by atoms with van der Waals surface area (Å²) in [7, 11) is 1.91. The first-order valence-electron chi connectivity index (χ1n) is 8.22. The smallest absolute Gasteiger partial charge is 0.338 e. The molecule has 0 saturated heterocycles. The van der Waals surface area contributed by atoms with Crippen LogP contribution in [0.1, 0.15) is 34.1 Å². The Balaban J connectivity index is 1.75. The molecular formula is C20H20N2O3. The van der Waals surface area contributed by atoms with Crippen LogP contribution in [0.25, 0.3) is 10.9 Å². The maximum absolute atomic E-state index is 12.6. The molecule has 0 saturated carbocycles. The van der Waals surface area contributed by atoms with Crippen LogP contribution in [0.2, 0.25) is 0 Å². The molecule has 1 heterocycles. The number of esters is 1. The first-order chi connectivity index (χ1) is 12.1. The van der Waals surface area contributed by atoms with E-state index in [0.717, 1.165) is 17.3 Å². The van der Waals surface area contributed by atoms with Gasteiger partial charge in [0, 0.05) is 29.8 Å². The summed E-state index contributed by atoms with van der Waals surface area (Å²) in [5.74, 6) is -0.535. The Morgan fingerprint density at radius 3 is 2.52 bits per heavy atom. The predicted octanol–water partition coefficient (Wildman–Crippen LogP) is 4.00. The van der Waals surface area contributed by atoms with E-state index in [4.69, 9.17) is 4.74 Å². The summed E-state index contributed by atoms with van der Waals surface area (Å²) in [4.78, 5) is 24.4. The maximum Gasteiger partial charge on any atom is 0.338 e. The standard InChI is InChI=1S/C20H20N2O3/c1-3-12-25-20(24)14-8-10-15(11-9-14)21-19(23)17-13-22(2)18-7-5-4-6-16(17)18/h4-11,13H,3,12H2,1-2H3,(H,21,23). The van der Waals surface area contributed by atoms with Crippen molar-refractivity contribution in [3.05, 3.63) is 65.9 Å². The van der Waals surface area contributed by atoms with Gasteiger partial charge >= 0.3 is 5.97 Å². The zero-order valence-corrected chi connectivity index (χ0v) is 14.3. The molecule has 25 heavy (non-hydrogen) atoms. The molecule has 0 aliphatic heterocycles. The Kier molecular flexibility index (Phi) is 4.84. The van der Waals surface area contributed by atoms with E-state index < -0.39 is 0 Å². The summed E-state index contributed by atoms with van der Waals surface area (Å²) >= 11 is 0. The maximum atomic E-state index is 12.6. The van der Waals surface area contributed by atoms with Crippen molar-refractivity contribution in [2.45, 2.75) is 13.3 Å². The van der Waals surface area contributed by atoms with Gasteiger partial charge in [-0.2, -0.15) is 0 Å². The van der Waals surface area contributed by atoms with Crippen LogP contribution < -0.4 is 5.32 Å². The van der Waals surface area contributed by atoms with Gasteiger partial charge in [0.2, 0.25) is 0 Å². The molecule has 128 valence electrons. The van der Waals surface area contributed by atoms with Crippen LogP contribution in [-0.2, 0) is 11.8 Å². The predicted molar refractivity (Wildman–Crippen MR) is 97.9 cm³/mol. The number of amides is 1. The van der Waals surface area contributed by atoms with Crippen molar-refractivity contribution in [2.75, 3.05) is 11.9 Å². The molecular weight excluding hydrogens is 316 g/mol. The molecule has 0 aliphatic carbocycles. The molecule has 5 heteroatoms. The van der Waals surface area contributed by atoms with Crippen molar-refractivity contribution in [3.8, 4) is 0 Å². The average molecular weight is 336 g/mol. The molecule has 3 aromatic rings. The van der Waals surface area contributed by atoms with Crippen LogP contribution in [0, 0.1) is 0 Å². The largest absolute Gasteiger partial charge is 0.462 e. The number of para-hydroxylation sites is 1. The molecule has 0 fully saturated rings. The van der Waals surface area contributed by atoms with Crippen molar-refractivity contribution >= 4 is 28.5 Å². The molecule has 0 unspecified atom stereocenters. The van der Waals surface area contributed by atoms with Crippen molar-refractivity contribution < 1.29 is 14.3 Å². The van der Waals surface area contributed by atoms with E-state index in [0.29, 0.717) is 23.4 Å². The van der Waals surface area contributed by atoms with Gasteiger partial charge in [-0.3, -0.25) is 4.79 Å². The van der Waals surface area contributed by atoms with Crippen LogP contribution >= 0.6 is 0 Å². The number of nitrogens with zero attached hydrogens (tertiary/aromatic N) is 1. The summed E-state index contributed by atoms with van der Waals surface area (Å²) in [6, 6.07) is 14.5. The second kappa shape index (κ2) is 7.21. The number of nitrogens with one attached hydrogen (secondary N) is 1. The summed E-state index contributed by atoms with van der Waals surface area (Å²) in [5, 5.41) is 3.77. The minimum atomic E-state index is -0.353. The number of rotatable bonds is 5. The SMILES string of the molecule is CCCOC(=O)c1ccc(NC(=O)c2cn(C)c3ccccc23)cc1. The lowest BCUT2D eigenvalue weighted by molar-refractivity contribution is 0.0505. The Hall–Kier alpha value is -3.08. The molecule has 3 rings (SSSR count). The first kappa shape index (κ1) is 16.8. The highest BCUT2D eigenvalue weighted by atomic mass is 16.5. The monoisotopic (exact) mass is 336 g/mol. The van der Waals surface area contributed by atoms with Gasteiger partial charge in [0.05, 0.1) is 17.7 Å². The average Bonchev–Trinajstić information content (AvgIpc) is 2.97. The van der Waals surface area contributed by atoms with Crippen molar-refractivity contribution in [2.24, 2.45) is 7.05 Å². The third kappa shape index (κ3) is 3.55. The minimum Gasteiger partial charge on any atom is -0.462 e. The molecule has 1 N–H and O–H groups in total. The lowest BCUT2D eigenvalue weighted by Gasteiger charge is -2.06. The van der Waals surface area contributed by atoms with Crippen LogP contribution in [-0.4, -0.2) is 23.1 Å². The number of carbonyl (C=O) groups excluding carboxylic acids is 2. The van der Waals surface area contributed by atoms with Gasteiger partial charge in [-0.15, -0.1) is 0 Å². The molecule has 1 aromatic heterocycles. The minimum absolute atomic E-state index is 0.182. The van der Waals surface area contributed by atoms with E-state index in [2.05, 4.69) is 5.32 Å². The molecule has 0 bridgehead atoms. The van der Waals surface area contributed by atoms with E-state index in [1.165, 1.54) is 0 Å². The summed E-state index contributed by atoms with van der Waals surface area (Å²) < 4.78 is 7.02. The summed E-state index contributed by atoms with van der Waals surface area (Å²) in [6.07, 6.45) is 2.60. The number of ether oxygens (including phenoxy) is 1. The second-order valence-corrected chi connectivity index (χ2v) is 5.84. The van der Waals surface area contributed by atoms with Crippen LogP contribution in [0.4, 0.5) is 5.69 Å². The number of carbonyl (C=O) groups is 2. The number of anilines is 1. The van der Waals surface area contributed by atoms with Gasteiger partial charge in [-0.05, 0) is 36.8 Å². The number of hydrogen-bond acceptors (Lipinski definition) is 3. The molecule has 0 radical (unpaired) electrons. The van der Waals surface area contributed by atoms with Gasteiger partial charge in [0.1, 0.15) is 0 Å². The van der Waals surface area contributed by atoms with Crippen LogP contribution in [0.5, 0.6) is 0 Å². The van der Waals surface area contributed by atoms with E-state index in [-0.39, 0.29) is 11.9 Å². The molecule has 2 aromatic carbocycles. The van der Waals surface area contributed by atoms with Gasteiger partial charge in [0.15, 0.2) is 0 Å². The second-order valence-electron chi connectivity index (χ2n) is 5.84. The van der Waals surface area contributed by atoms with E-state index in [9.17, 15) is 9.59 Å². The topological polar surface area (TPSA) is 60.3 Å². The van der Waals surface area contributed by atoms with Crippen LogP contribution in [0.3, 0.4) is 0 Å². The highest BCUT2D eigenvalue weighted by molar-refractivity contribution is 6.13. The van der Waals surface area contributed by atoms with Crippen molar-refractivity contribution in [1.82, 2.24) is 4.57 Å². The van der Waals surface area contributed by atoms with E-state index in [1.807, 2.05) is 49.0 Å². The Morgan fingerprint density at radius 1 is 1.08 bits per heavy atom. The number of aryl methyl sites for hydroxylation is 1. The zero-order chi connectivity index (χ0) is 17.8. The lowest BCUT2D eigenvalue weighted by atomic mass is 10.1. The number of hydrogen-bond donors (Lipinski definition) is 1. The Morgan fingerprint density at radius 2 is 1.80 bits per heavy atom. The molecule has 0 aliphatic rings. The van der Waals surface area contributed by atoms with E-state index >= 15 is 0 Å². The molecule has 0 atom stereocenters. The molecule has 5 nitrogen and oxygen atoms in total. The first-order valence-corrected chi connectivity index (χ1v) is 8.22. The normalized spacial score (nSPS) is 10.6.